The molecule has 3 heterocycles. The third-order valence-corrected chi connectivity index (χ3v) is 7.87. The minimum Gasteiger partial charge on any atom is -0.341 e. The number of carbonyl (C=O) groups excluding carboxylic acids is 1. The number of benzene rings is 3. The van der Waals surface area contributed by atoms with Gasteiger partial charge in [0.25, 0.3) is 5.91 Å². The molecule has 2 aliphatic heterocycles. The van der Waals surface area contributed by atoms with Gasteiger partial charge in [0.2, 0.25) is 5.95 Å². The van der Waals surface area contributed by atoms with Crippen LogP contribution < -0.4 is 10.4 Å². The summed E-state index contributed by atoms with van der Waals surface area (Å²) in [5.74, 6) is 0.0474. The van der Waals surface area contributed by atoms with Crippen LogP contribution in [-0.2, 0) is 6.54 Å². The van der Waals surface area contributed by atoms with Crippen LogP contribution >= 0.6 is 12.4 Å². The Bertz CT molecular complexity index is 1390. The molecule has 0 bridgehead atoms. The van der Waals surface area contributed by atoms with Crippen molar-refractivity contribution in [2.75, 3.05) is 31.1 Å². The van der Waals surface area contributed by atoms with Crippen LogP contribution in [0.2, 0.25) is 0 Å². The third kappa shape index (κ3) is 4.50. The number of nitrogens with zero attached hydrogens (tertiary/aromatic N) is 4. The highest BCUT2D eigenvalue weighted by molar-refractivity contribution is 6.08. The lowest BCUT2D eigenvalue weighted by Crippen LogP contribution is -2.42. The Kier molecular flexibility index (Phi) is 6.79. The molecule has 0 unspecified atom stereocenters. The van der Waals surface area contributed by atoms with Gasteiger partial charge in [0.05, 0.1) is 5.56 Å². The fourth-order valence-electron chi connectivity index (χ4n) is 5.92. The number of likely N-dealkylation sites (tertiary alicyclic amines) is 1. The van der Waals surface area contributed by atoms with Crippen molar-refractivity contribution < 1.29 is 10.0 Å². The number of nitrogens with one attached hydrogen (secondary N) is 1. The number of amides is 1. The summed E-state index contributed by atoms with van der Waals surface area (Å²) >= 11 is 0. The van der Waals surface area contributed by atoms with Crippen molar-refractivity contribution in [2.24, 2.45) is 5.41 Å². The second-order valence-electron chi connectivity index (χ2n) is 9.96. The molecule has 1 amide bonds. The highest BCUT2D eigenvalue weighted by atomic mass is 35.5. The average molecular weight is 504 g/mol. The van der Waals surface area contributed by atoms with Crippen LogP contribution in [0.4, 0.5) is 5.95 Å². The SMILES string of the molecule is Cl.O=C(NO)c1cnc(N2CCC3(CCN(Cc4cc5ccccc5c5ccccc45)C3)CC2)nc1. The molecule has 6 rings (SSSR count). The molecule has 2 fully saturated rings. The number of anilines is 1. The lowest BCUT2D eigenvalue weighted by Gasteiger charge is -2.39. The smallest absolute Gasteiger partial charge is 0.277 e. The summed E-state index contributed by atoms with van der Waals surface area (Å²) in [5.41, 5.74) is 3.62. The van der Waals surface area contributed by atoms with Crippen molar-refractivity contribution in [1.29, 1.82) is 0 Å². The molecule has 2 N–H and O–H groups in total. The van der Waals surface area contributed by atoms with Gasteiger partial charge in [0.15, 0.2) is 0 Å². The van der Waals surface area contributed by atoms with E-state index in [2.05, 4.69) is 74.4 Å². The molecule has 0 saturated carbocycles. The first kappa shape index (κ1) is 24.4. The van der Waals surface area contributed by atoms with E-state index in [1.165, 1.54) is 45.9 Å². The summed E-state index contributed by atoms with van der Waals surface area (Å²) in [6.45, 7) is 5.06. The van der Waals surface area contributed by atoms with Gasteiger partial charge in [-0.25, -0.2) is 15.4 Å². The first-order chi connectivity index (χ1) is 17.1. The summed E-state index contributed by atoms with van der Waals surface area (Å²) in [6.07, 6.45) is 6.38. The number of hydrogen-bond acceptors (Lipinski definition) is 6. The zero-order valence-electron chi connectivity index (χ0n) is 20.1. The van der Waals surface area contributed by atoms with Gasteiger partial charge in [-0.1, -0.05) is 48.5 Å². The summed E-state index contributed by atoms with van der Waals surface area (Å²) in [7, 11) is 0. The molecule has 2 saturated heterocycles. The molecular formula is C28H30ClN5O2. The minimum absolute atomic E-state index is 0. The van der Waals surface area contributed by atoms with Crippen LogP contribution in [0.15, 0.2) is 67.0 Å². The van der Waals surface area contributed by atoms with Crippen LogP contribution in [0, 0.1) is 5.41 Å². The molecule has 36 heavy (non-hydrogen) atoms. The topological polar surface area (TPSA) is 81.6 Å². The fraction of sp³-hybridized carbons (Fsp3) is 0.321. The van der Waals surface area contributed by atoms with E-state index in [1.807, 2.05) is 0 Å². The second-order valence-corrected chi connectivity index (χ2v) is 9.96. The van der Waals surface area contributed by atoms with Crippen molar-refractivity contribution in [3.8, 4) is 0 Å². The normalized spacial score (nSPS) is 17.4. The Hall–Kier alpha value is -3.26. The number of hydrogen-bond donors (Lipinski definition) is 2. The Balaban J connectivity index is 0.00000267. The molecular weight excluding hydrogens is 474 g/mol. The van der Waals surface area contributed by atoms with Crippen molar-refractivity contribution >= 4 is 45.8 Å². The fourth-order valence-corrected chi connectivity index (χ4v) is 5.92. The molecule has 0 aliphatic carbocycles. The highest BCUT2D eigenvalue weighted by Crippen LogP contribution is 2.42. The van der Waals surface area contributed by atoms with Gasteiger partial charge in [-0.3, -0.25) is 14.9 Å². The van der Waals surface area contributed by atoms with Crippen molar-refractivity contribution in [1.82, 2.24) is 20.3 Å². The first-order valence-electron chi connectivity index (χ1n) is 12.3. The molecule has 186 valence electrons. The quantitative estimate of drug-likeness (QED) is 0.236. The highest BCUT2D eigenvalue weighted by Gasteiger charge is 2.41. The van der Waals surface area contributed by atoms with E-state index >= 15 is 0 Å². The Morgan fingerprint density at radius 3 is 2.28 bits per heavy atom. The van der Waals surface area contributed by atoms with Crippen molar-refractivity contribution in [3.63, 3.8) is 0 Å². The Morgan fingerprint density at radius 1 is 0.917 bits per heavy atom. The molecule has 1 aromatic heterocycles. The van der Waals surface area contributed by atoms with Gasteiger partial charge in [0.1, 0.15) is 0 Å². The summed E-state index contributed by atoms with van der Waals surface area (Å²) in [4.78, 5) is 25.0. The number of aromatic nitrogens is 2. The average Bonchev–Trinajstić information content (AvgIpc) is 3.30. The molecule has 3 aromatic carbocycles. The lowest BCUT2D eigenvalue weighted by atomic mass is 9.78. The maximum Gasteiger partial charge on any atom is 0.277 e. The van der Waals surface area contributed by atoms with Crippen molar-refractivity contribution in [2.45, 2.75) is 25.8 Å². The molecule has 4 aromatic rings. The van der Waals surface area contributed by atoms with E-state index in [4.69, 9.17) is 5.21 Å². The molecule has 7 nitrogen and oxygen atoms in total. The van der Waals surface area contributed by atoms with Crippen molar-refractivity contribution in [3.05, 3.63) is 78.1 Å². The van der Waals surface area contributed by atoms with Gasteiger partial charge >= 0.3 is 0 Å². The third-order valence-electron chi connectivity index (χ3n) is 7.87. The van der Waals surface area contributed by atoms with Crippen LogP contribution in [-0.4, -0.2) is 52.2 Å². The number of rotatable bonds is 4. The Morgan fingerprint density at radius 2 is 1.56 bits per heavy atom. The molecule has 1 spiro atoms. The van der Waals surface area contributed by atoms with E-state index in [1.54, 1.807) is 5.48 Å². The summed E-state index contributed by atoms with van der Waals surface area (Å²) in [5, 5.41) is 14.1. The second kappa shape index (κ2) is 10.0. The molecule has 2 aliphatic rings. The number of hydroxylamine groups is 1. The molecule has 8 heteroatoms. The van der Waals surface area contributed by atoms with E-state index in [0.717, 1.165) is 45.6 Å². The number of fused-ring (bicyclic) bond motifs is 3. The maximum atomic E-state index is 11.5. The lowest BCUT2D eigenvalue weighted by molar-refractivity contribution is 0.0705. The van der Waals surface area contributed by atoms with E-state index in [-0.39, 0.29) is 18.0 Å². The van der Waals surface area contributed by atoms with Gasteiger partial charge in [0, 0.05) is 38.6 Å². The minimum atomic E-state index is -0.598. The summed E-state index contributed by atoms with van der Waals surface area (Å²) < 4.78 is 0. The standard InChI is InChI=1S/C28H29N5O2.ClH/c34-26(31-35)22-16-29-27(30-17-22)33-13-10-28(11-14-33)9-12-32(19-28)18-21-15-20-5-1-2-6-23(20)25-8-4-3-7-24(21)25;/h1-8,15-17,35H,9-14,18-19H2,(H,31,34);1H. The van der Waals surface area contributed by atoms with Crippen LogP contribution in [0.25, 0.3) is 21.5 Å². The summed E-state index contributed by atoms with van der Waals surface area (Å²) in [6, 6.07) is 19.8. The monoisotopic (exact) mass is 503 g/mol. The predicted octanol–water partition coefficient (Wildman–Crippen LogP) is 4.82. The van der Waals surface area contributed by atoms with E-state index in [9.17, 15) is 4.79 Å². The van der Waals surface area contributed by atoms with E-state index in [0.29, 0.717) is 11.4 Å². The van der Waals surface area contributed by atoms with Crippen LogP contribution in [0.3, 0.4) is 0 Å². The molecule has 0 radical (unpaired) electrons. The van der Waals surface area contributed by atoms with Gasteiger partial charge in [-0.2, -0.15) is 0 Å². The predicted molar refractivity (Wildman–Crippen MR) is 144 cm³/mol. The van der Waals surface area contributed by atoms with Crippen LogP contribution in [0.5, 0.6) is 0 Å². The number of carbonyl (C=O) groups is 1. The zero-order valence-corrected chi connectivity index (χ0v) is 20.9. The number of piperidine rings is 1. The zero-order chi connectivity index (χ0) is 23.8. The van der Waals surface area contributed by atoms with E-state index < -0.39 is 5.91 Å². The maximum absolute atomic E-state index is 11.5. The first-order valence-corrected chi connectivity index (χ1v) is 12.3. The largest absolute Gasteiger partial charge is 0.341 e. The van der Waals surface area contributed by atoms with Crippen LogP contribution in [0.1, 0.15) is 35.2 Å². The van der Waals surface area contributed by atoms with Gasteiger partial charge < -0.3 is 4.90 Å². The Labute approximate surface area is 216 Å². The van der Waals surface area contributed by atoms with Gasteiger partial charge in [-0.15, -0.1) is 12.4 Å². The number of halogens is 1. The van der Waals surface area contributed by atoms with Gasteiger partial charge in [-0.05, 0) is 64.4 Å². The molecule has 0 atom stereocenters.